The lowest BCUT2D eigenvalue weighted by Gasteiger charge is -2.17. The summed E-state index contributed by atoms with van der Waals surface area (Å²) in [5.41, 5.74) is 3.07. The first-order valence-electron chi connectivity index (χ1n) is 7.49. The molecular weight excluding hydrogens is 331 g/mol. The Morgan fingerprint density at radius 3 is 2.35 bits per heavy atom. The van der Waals surface area contributed by atoms with Gasteiger partial charge < -0.3 is 5.32 Å². The van der Waals surface area contributed by atoms with E-state index in [9.17, 15) is 4.79 Å². The Labute approximate surface area is 147 Å². The molecule has 0 heterocycles. The summed E-state index contributed by atoms with van der Waals surface area (Å²) in [5.74, 6) is -0.109. The fourth-order valence-corrected chi connectivity index (χ4v) is 2.73. The van der Waals surface area contributed by atoms with Crippen molar-refractivity contribution in [3.8, 4) is 0 Å². The zero-order valence-electron chi connectivity index (χ0n) is 13.3. The molecule has 0 aromatic heterocycles. The summed E-state index contributed by atoms with van der Waals surface area (Å²) in [6.45, 7) is 3.13. The minimum Gasteiger partial charge on any atom is -0.324 e. The summed E-state index contributed by atoms with van der Waals surface area (Å²) in [7, 11) is 1.91. The van der Waals surface area contributed by atoms with E-state index in [1.165, 1.54) is 11.1 Å². The average Bonchev–Trinajstić information content (AvgIpc) is 2.50. The van der Waals surface area contributed by atoms with E-state index in [1.807, 2.05) is 11.9 Å². The van der Waals surface area contributed by atoms with Gasteiger partial charge in [0.1, 0.15) is 0 Å². The fraction of sp³-hybridized carbons (Fsp3) is 0.278. The normalized spacial score (nSPS) is 10.8. The highest BCUT2D eigenvalue weighted by Crippen LogP contribution is 2.25. The first-order valence-corrected chi connectivity index (χ1v) is 8.24. The van der Waals surface area contributed by atoms with Gasteiger partial charge >= 0.3 is 0 Å². The van der Waals surface area contributed by atoms with Gasteiger partial charge in [-0.2, -0.15) is 0 Å². The Balaban J connectivity index is 1.88. The maximum atomic E-state index is 12.1. The topological polar surface area (TPSA) is 32.3 Å². The number of rotatable bonds is 6. The molecule has 122 valence electrons. The van der Waals surface area contributed by atoms with Crippen molar-refractivity contribution in [3.63, 3.8) is 0 Å². The van der Waals surface area contributed by atoms with Gasteiger partial charge in [-0.3, -0.25) is 9.69 Å². The van der Waals surface area contributed by atoms with Crippen LogP contribution in [0.5, 0.6) is 0 Å². The molecule has 0 aliphatic rings. The van der Waals surface area contributed by atoms with Crippen molar-refractivity contribution in [1.29, 1.82) is 0 Å². The highest BCUT2D eigenvalue weighted by molar-refractivity contribution is 6.36. The Kier molecular flexibility index (Phi) is 6.46. The largest absolute Gasteiger partial charge is 0.324 e. The van der Waals surface area contributed by atoms with E-state index >= 15 is 0 Å². The molecule has 0 saturated heterocycles. The molecule has 0 saturated carbocycles. The molecule has 23 heavy (non-hydrogen) atoms. The number of nitrogens with zero attached hydrogens (tertiary/aromatic N) is 1. The molecule has 0 aliphatic carbocycles. The number of benzene rings is 2. The predicted octanol–water partition coefficient (Wildman–Crippen LogP) is 4.63. The lowest BCUT2D eigenvalue weighted by molar-refractivity contribution is -0.117. The quantitative estimate of drug-likeness (QED) is 0.823. The maximum absolute atomic E-state index is 12.1. The van der Waals surface area contributed by atoms with Gasteiger partial charge in [-0.15, -0.1) is 0 Å². The molecule has 0 spiro atoms. The van der Waals surface area contributed by atoms with Gasteiger partial charge in [0.05, 0.1) is 17.3 Å². The van der Waals surface area contributed by atoms with Crippen LogP contribution in [-0.2, 0) is 17.8 Å². The van der Waals surface area contributed by atoms with Gasteiger partial charge in [-0.1, -0.05) is 54.4 Å². The van der Waals surface area contributed by atoms with Crippen molar-refractivity contribution >= 4 is 34.8 Å². The van der Waals surface area contributed by atoms with Gasteiger partial charge in [0.2, 0.25) is 5.91 Å². The Hall–Kier alpha value is -1.55. The van der Waals surface area contributed by atoms with Gasteiger partial charge in [0.15, 0.2) is 0 Å². The van der Waals surface area contributed by atoms with E-state index in [0.717, 1.165) is 6.42 Å². The number of likely N-dealkylation sites (N-methyl/N-ethyl adjacent to an activating group) is 1. The third kappa shape index (κ3) is 5.54. The number of amides is 1. The van der Waals surface area contributed by atoms with Crippen molar-refractivity contribution < 1.29 is 4.79 Å². The van der Waals surface area contributed by atoms with Gasteiger partial charge in [-0.25, -0.2) is 0 Å². The van der Waals surface area contributed by atoms with E-state index in [4.69, 9.17) is 23.2 Å². The fourth-order valence-electron chi connectivity index (χ4n) is 2.27. The average molecular weight is 351 g/mol. The first-order chi connectivity index (χ1) is 11.0. The van der Waals surface area contributed by atoms with Crippen LogP contribution in [0.25, 0.3) is 0 Å². The van der Waals surface area contributed by atoms with E-state index in [1.54, 1.807) is 18.2 Å². The molecule has 0 bridgehead atoms. The second kappa shape index (κ2) is 8.34. The number of hydrogen-bond donors (Lipinski definition) is 1. The van der Waals surface area contributed by atoms with E-state index in [-0.39, 0.29) is 12.5 Å². The second-order valence-corrected chi connectivity index (χ2v) is 6.36. The standard InChI is InChI=1S/C18H20Cl2N2O/c1-3-13-4-6-14(7-5-13)11-22(2)12-18(23)21-17-9-8-15(19)10-16(17)20/h4-10H,3,11-12H2,1-2H3,(H,21,23). The van der Waals surface area contributed by atoms with E-state index in [2.05, 4.69) is 36.5 Å². The first kappa shape index (κ1) is 17.8. The number of carbonyl (C=O) groups excluding carboxylic acids is 1. The summed E-state index contributed by atoms with van der Waals surface area (Å²) in [6, 6.07) is 13.5. The van der Waals surface area contributed by atoms with Crippen molar-refractivity contribution in [2.24, 2.45) is 0 Å². The molecule has 0 aliphatic heterocycles. The molecule has 0 fully saturated rings. The number of halogens is 2. The number of hydrogen-bond acceptors (Lipinski definition) is 2. The van der Waals surface area contributed by atoms with Gasteiger partial charge in [0.25, 0.3) is 0 Å². The Morgan fingerprint density at radius 1 is 1.09 bits per heavy atom. The van der Waals surface area contributed by atoms with Crippen molar-refractivity contribution in [2.45, 2.75) is 19.9 Å². The van der Waals surface area contributed by atoms with Crippen LogP contribution in [0.1, 0.15) is 18.1 Å². The summed E-state index contributed by atoms with van der Waals surface area (Å²) < 4.78 is 0. The molecule has 2 aromatic carbocycles. The third-order valence-electron chi connectivity index (χ3n) is 3.50. The molecule has 2 aromatic rings. The third-order valence-corrected chi connectivity index (χ3v) is 4.05. The molecule has 0 radical (unpaired) electrons. The van der Waals surface area contributed by atoms with E-state index < -0.39 is 0 Å². The molecular formula is C18H20Cl2N2O. The van der Waals surface area contributed by atoms with Crippen LogP contribution >= 0.6 is 23.2 Å². The summed E-state index contributed by atoms with van der Waals surface area (Å²) in [5, 5.41) is 3.78. The summed E-state index contributed by atoms with van der Waals surface area (Å²) in [4.78, 5) is 14.1. The van der Waals surface area contributed by atoms with Crippen molar-refractivity contribution in [2.75, 3.05) is 18.9 Å². The zero-order valence-corrected chi connectivity index (χ0v) is 14.8. The maximum Gasteiger partial charge on any atom is 0.238 e. The monoisotopic (exact) mass is 350 g/mol. The number of aryl methyl sites for hydroxylation is 1. The summed E-state index contributed by atoms with van der Waals surface area (Å²) >= 11 is 11.9. The van der Waals surface area contributed by atoms with Crippen LogP contribution in [0.2, 0.25) is 10.0 Å². The minimum atomic E-state index is -0.109. The molecule has 0 unspecified atom stereocenters. The minimum absolute atomic E-state index is 0.109. The lowest BCUT2D eigenvalue weighted by atomic mass is 10.1. The van der Waals surface area contributed by atoms with Crippen LogP contribution in [0.3, 0.4) is 0 Å². The highest BCUT2D eigenvalue weighted by Gasteiger charge is 2.10. The molecule has 0 atom stereocenters. The molecule has 1 amide bonds. The SMILES string of the molecule is CCc1ccc(CN(C)CC(=O)Nc2ccc(Cl)cc2Cl)cc1. The summed E-state index contributed by atoms with van der Waals surface area (Å²) in [6.07, 6.45) is 1.03. The zero-order chi connectivity index (χ0) is 16.8. The van der Waals surface area contributed by atoms with Crippen LogP contribution in [-0.4, -0.2) is 24.4 Å². The highest BCUT2D eigenvalue weighted by atomic mass is 35.5. The molecule has 5 heteroatoms. The van der Waals surface area contributed by atoms with Gasteiger partial charge in [-0.05, 0) is 42.8 Å². The number of carbonyl (C=O) groups is 1. The number of anilines is 1. The van der Waals surface area contributed by atoms with E-state index in [0.29, 0.717) is 22.3 Å². The molecule has 3 nitrogen and oxygen atoms in total. The van der Waals surface area contributed by atoms with Crippen molar-refractivity contribution in [3.05, 3.63) is 63.6 Å². The molecule has 1 N–H and O–H groups in total. The lowest BCUT2D eigenvalue weighted by Crippen LogP contribution is -2.29. The predicted molar refractivity (Wildman–Crippen MR) is 97.2 cm³/mol. The number of nitrogens with one attached hydrogen (secondary N) is 1. The van der Waals surface area contributed by atoms with Crippen LogP contribution in [0.4, 0.5) is 5.69 Å². The molecule has 2 rings (SSSR count). The Bertz CT molecular complexity index is 671. The van der Waals surface area contributed by atoms with Crippen LogP contribution < -0.4 is 5.32 Å². The van der Waals surface area contributed by atoms with Crippen LogP contribution in [0, 0.1) is 0 Å². The van der Waals surface area contributed by atoms with Crippen molar-refractivity contribution in [1.82, 2.24) is 4.90 Å². The Morgan fingerprint density at radius 2 is 1.74 bits per heavy atom. The van der Waals surface area contributed by atoms with Gasteiger partial charge in [0, 0.05) is 11.6 Å². The van der Waals surface area contributed by atoms with Crippen LogP contribution in [0.15, 0.2) is 42.5 Å². The smallest absolute Gasteiger partial charge is 0.238 e. The second-order valence-electron chi connectivity index (χ2n) is 5.51.